The Bertz CT molecular complexity index is 1230. The second-order valence-electron chi connectivity index (χ2n) is 7.64. The molecule has 0 aromatic carbocycles. The molecule has 4 rings (SSSR count). The molecule has 8 nitrogen and oxygen atoms in total. The molecule has 1 unspecified atom stereocenters. The molecular weight excluding hydrogens is 435 g/mol. The van der Waals surface area contributed by atoms with Crippen LogP contribution < -0.4 is 10.6 Å². The van der Waals surface area contributed by atoms with Crippen LogP contribution in [0.3, 0.4) is 0 Å². The molecule has 1 atom stereocenters. The van der Waals surface area contributed by atoms with Gasteiger partial charge in [-0.05, 0) is 12.5 Å². The van der Waals surface area contributed by atoms with Crippen LogP contribution in [-0.4, -0.2) is 56.3 Å². The van der Waals surface area contributed by atoms with Crippen LogP contribution in [0.25, 0.3) is 22.3 Å². The van der Waals surface area contributed by atoms with Gasteiger partial charge in [-0.15, -0.1) is 0 Å². The highest BCUT2D eigenvalue weighted by Gasteiger charge is 2.27. The summed E-state index contributed by atoms with van der Waals surface area (Å²) in [6.07, 6.45) is 11.0. The summed E-state index contributed by atoms with van der Waals surface area (Å²) >= 11 is 0. The number of pyridine rings is 1. The molecule has 3 aromatic rings. The van der Waals surface area contributed by atoms with Crippen LogP contribution in [-0.2, 0) is 0 Å². The Hall–Kier alpha value is -3.89. The topological polar surface area (TPSA) is 87.4 Å². The van der Waals surface area contributed by atoms with Crippen molar-refractivity contribution < 1.29 is 18.0 Å². The Kier molecular flexibility index (Phi) is 6.03. The standard InChI is InChI=1S/C22H22F3N7O/c1-3-18-5-4-14(11-31(18)2)16-8-27-20-19(10-29-32(20)12-16)15-6-17(9-26-7-15)30-21(33)28-13-22(23,24)25/h4-12,18H,3,13H2,1-2H3,(H2,28,30,33). The third-order valence-corrected chi connectivity index (χ3v) is 5.23. The largest absolute Gasteiger partial charge is 0.405 e. The minimum Gasteiger partial charge on any atom is -0.373 e. The fourth-order valence-electron chi connectivity index (χ4n) is 3.54. The van der Waals surface area contributed by atoms with Crippen molar-refractivity contribution in [1.82, 2.24) is 29.8 Å². The van der Waals surface area contributed by atoms with E-state index in [1.165, 1.54) is 6.20 Å². The molecule has 2 N–H and O–H groups in total. The van der Waals surface area contributed by atoms with E-state index in [2.05, 4.69) is 50.6 Å². The van der Waals surface area contributed by atoms with Gasteiger partial charge in [0.1, 0.15) is 6.54 Å². The number of carbonyl (C=O) groups excluding carboxylic acids is 1. The molecule has 3 aromatic heterocycles. The van der Waals surface area contributed by atoms with Gasteiger partial charge < -0.3 is 15.5 Å². The minimum atomic E-state index is -4.49. The van der Waals surface area contributed by atoms with E-state index in [4.69, 9.17) is 0 Å². The first-order chi connectivity index (χ1) is 15.7. The summed E-state index contributed by atoms with van der Waals surface area (Å²) in [6, 6.07) is 0.989. The van der Waals surface area contributed by atoms with Gasteiger partial charge in [0.05, 0.1) is 18.1 Å². The van der Waals surface area contributed by atoms with Gasteiger partial charge in [-0.2, -0.15) is 18.3 Å². The van der Waals surface area contributed by atoms with E-state index in [9.17, 15) is 18.0 Å². The quantitative estimate of drug-likeness (QED) is 0.603. The van der Waals surface area contributed by atoms with Crippen LogP contribution in [0, 0.1) is 0 Å². The maximum atomic E-state index is 12.3. The lowest BCUT2D eigenvalue weighted by molar-refractivity contribution is -0.122. The van der Waals surface area contributed by atoms with Gasteiger partial charge in [-0.25, -0.2) is 14.3 Å². The highest BCUT2D eigenvalue weighted by atomic mass is 19.4. The maximum absolute atomic E-state index is 12.3. The number of allylic oxidation sites excluding steroid dienone is 2. The number of aromatic nitrogens is 4. The van der Waals surface area contributed by atoms with Gasteiger partial charge in [0.2, 0.25) is 0 Å². The number of nitrogens with one attached hydrogen (secondary N) is 2. The highest BCUT2D eigenvalue weighted by Crippen LogP contribution is 2.27. The van der Waals surface area contributed by atoms with Crippen LogP contribution in [0.2, 0.25) is 0 Å². The van der Waals surface area contributed by atoms with Crippen molar-refractivity contribution in [2.75, 3.05) is 18.9 Å². The molecule has 0 saturated carbocycles. The van der Waals surface area contributed by atoms with E-state index in [0.717, 1.165) is 17.6 Å². The first-order valence-electron chi connectivity index (χ1n) is 10.3. The lowest BCUT2D eigenvalue weighted by Crippen LogP contribution is -2.36. The molecule has 0 spiro atoms. The van der Waals surface area contributed by atoms with Gasteiger partial charge in [0.15, 0.2) is 5.65 Å². The van der Waals surface area contributed by atoms with Crippen LogP contribution in [0.15, 0.2) is 55.4 Å². The number of likely N-dealkylation sites (N-methyl/N-ethyl adjacent to an activating group) is 1. The van der Waals surface area contributed by atoms with Crippen molar-refractivity contribution >= 4 is 22.9 Å². The molecule has 0 saturated heterocycles. The van der Waals surface area contributed by atoms with E-state index in [0.29, 0.717) is 22.8 Å². The molecular formula is C22H22F3N7O. The van der Waals surface area contributed by atoms with Crippen LogP contribution in [0.4, 0.5) is 23.7 Å². The van der Waals surface area contributed by atoms with Gasteiger partial charge in [-0.1, -0.05) is 19.1 Å². The Balaban J connectivity index is 1.55. The van der Waals surface area contributed by atoms with Crippen molar-refractivity contribution in [1.29, 1.82) is 0 Å². The predicted molar refractivity (Wildman–Crippen MR) is 118 cm³/mol. The molecule has 11 heteroatoms. The summed E-state index contributed by atoms with van der Waals surface area (Å²) in [5.74, 6) is 0. The number of anilines is 1. The Morgan fingerprint density at radius 1 is 1.18 bits per heavy atom. The van der Waals surface area contributed by atoms with Crippen molar-refractivity contribution in [3.63, 3.8) is 0 Å². The number of rotatable bonds is 5. The van der Waals surface area contributed by atoms with Crippen molar-refractivity contribution in [2.24, 2.45) is 0 Å². The minimum absolute atomic E-state index is 0.245. The smallest absolute Gasteiger partial charge is 0.373 e. The summed E-state index contributed by atoms with van der Waals surface area (Å²) in [7, 11) is 2.03. The molecule has 0 bridgehead atoms. The molecule has 1 aliphatic heterocycles. The van der Waals surface area contributed by atoms with Gasteiger partial charge in [0.25, 0.3) is 0 Å². The van der Waals surface area contributed by atoms with Crippen molar-refractivity contribution in [2.45, 2.75) is 25.6 Å². The highest BCUT2D eigenvalue weighted by molar-refractivity contribution is 5.90. The Morgan fingerprint density at radius 3 is 2.73 bits per heavy atom. The molecule has 172 valence electrons. The van der Waals surface area contributed by atoms with Crippen molar-refractivity contribution in [3.05, 3.63) is 61.0 Å². The maximum Gasteiger partial charge on any atom is 0.405 e. The van der Waals surface area contributed by atoms with Crippen LogP contribution >= 0.6 is 0 Å². The fourth-order valence-corrected chi connectivity index (χ4v) is 3.54. The average molecular weight is 457 g/mol. The van der Waals surface area contributed by atoms with E-state index >= 15 is 0 Å². The number of carbonyl (C=O) groups is 1. The van der Waals surface area contributed by atoms with E-state index in [-0.39, 0.29) is 5.69 Å². The van der Waals surface area contributed by atoms with Crippen LogP contribution in [0.5, 0.6) is 0 Å². The van der Waals surface area contributed by atoms with Gasteiger partial charge in [0, 0.05) is 60.1 Å². The summed E-state index contributed by atoms with van der Waals surface area (Å²) in [5.41, 5.74) is 4.04. The third-order valence-electron chi connectivity index (χ3n) is 5.23. The summed E-state index contributed by atoms with van der Waals surface area (Å²) in [5, 5.41) is 8.49. The molecule has 2 amide bonds. The summed E-state index contributed by atoms with van der Waals surface area (Å²) < 4.78 is 38.5. The molecule has 0 fully saturated rings. The molecule has 4 heterocycles. The number of amides is 2. The lowest BCUT2D eigenvalue weighted by Gasteiger charge is -2.27. The van der Waals surface area contributed by atoms with E-state index in [1.807, 2.05) is 13.2 Å². The number of urea groups is 1. The number of alkyl halides is 3. The second-order valence-corrected chi connectivity index (χ2v) is 7.64. The third kappa shape index (κ3) is 5.13. The summed E-state index contributed by atoms with van der Waals surface area (Å²) in [6.45, 7) is 0.713. The monoisotopic (exact) mass is 457 g/mol. The number of halogens is 3. The average Bonchev–Trinajstić information content (AvgIpc) is 3.21. The molecule has 0 aliphatic carbocycles. The molecule has 0 radical (unpaired) electrons. The summed E-state index contributed by atoms with van der Waals surface area (Å²) in [4.78, 5) is 22.5. The number of nitrogens with zero attached hydrogens (tertiary/aromatic N) is 5. The first-order valence-corrected chi connectivity index (χ1v) is 10.3. The van der Waals surface area contributed by atoms with E-state index < -0.39 is 18.8 Å². The zero-order valence-corrected chi connectivity index (χ0v) is 18.0. The van der Waals surface area contributed by atoms with Gasteiger partial charge >= 0.3 is 12.2 Å². The number of fused-ring (bicyclic) bond motifs is 1. The number of hydrogen-bond donors (Lipinski definition) is 2. The fraction of sp³-hybridized carbons (Fsp3) is 0.273. The molecule has 33 heavy (non-hydrogen) atoms. The predicted octanol–water partition coefficient (Wildman–Crippen LogP) is 4.10. The van der Waals surface area contributed by atoms with Crippen LogP contribution in [0.1, 0.15) is 18.9 Å². The second kappa shape index (κ2) is 8.93. The zero-order valence-electron chi connectivity index (χ0n) is 18.0. The normalized spacial score (nSPS) is 16.1. The van der Waals surface area contributed by atoms with E-state index in [1.54, 1.807) is 34.5 Å². The Morgan fingerprint density at radius 2 is 2.00 bits per heavy atom. The van der Waals surface area contributed by atoms with Crippen molar-refractivity contribution in [3.8, 4) is 11.1 Å². The van der Waals surface area contributed by atoms with Gasteiger partial charge in [-0.3, -0.25) is 4.98 Å². The Labute approximate surface area is 187 Å². The number of hydrogen-bond acceptors (Lipinski definition) is 5. The first kappa shape index (κ1) is 22.3. The SMILES string of the molecule is CCC1C=CC(c2cnc3c(-c4cncc(NC(=O)NCC(F)(F)F)c4)cnn3c2)=CN1C. The lowest BCUT2D eigenvalue weighted by atomic mass is 10.0. The zero-order chi connectivity index (χ0) is 23.6. The molecule has 1 aliphatic rings.